The van der Waals surface area contributed by atoms with Crippen LogP contribution in [0, 0.1) is 0 Å². The fourth-order valence-electron chi connectivity index (χ4n) is 4.74. The molecule has 31 heavy (non-hydrogen) atoms. The molecular formula is C19H24ClN5O5S. The van der Waals surface area contributed by atoms with E-state index in [1.54, 1.807) is 4.68 Å². The van der Waals surface area contributed by atoms with Crippen molar-refractivity contribution in [1.29, 1.82) is 0 Å². The Balaban J connectivity index is 1.49. The zero-order valence-corrected chi connectivity index (χ0v) is 18.6. The van der Waals surface area contributed by atoms with Gasteiger partial charge >= 0.3 is 5.97 Å². The van der Waals surface area contributed by atoms with Crippen LogP contribution in [-0.2, 0) is 19.0 Å². The van der Waals surface area contributed by atoms with Gasteiger partial charge in [-0.25, -0.2) is 19.4 Å². The van der Waals surface area contributed by atoms with Crippen LogP contribution >= 0.6 is 23.4 Å². The molecule has 5 rings (SSSR count). The molecule has 10 nitrogen and oxygen atoms in total. The second kappa shape index (κ2) is 8.43. The van der Waals surface area contributed by atoms with E-state index in [2.05, 4.69) is 27.2 Å². The molecule has 3 aliphatic rings. The predicted molar refractivity (Wildman–Crippen MR) is 111 cm³/mol. The minimum absolute atomic E-state index is 0.260. The number of thioether (sulfide) groups is 1. The second-order valence-electron chi connectivity index (χ2n) is 8.18. The third-order valence-corrected chi connectivity index (χ3v) is 7.36. The molecule has 1 saturated heterocycles. The van der Waals surface area contributed by atoms with Crippen LogP contribution in [0.15, 0.2) is 5.16 Å². The molecule has 0 aromatic carbocycles. The van der Waals surface area contributed by atoms with Crippen LogP contribution in [0.25, 0.3) is 11.2 Å². The standard InChI is InChI=1S/C19H24ClN5O5S/c1-2-7-31-18-21-16(20)13-17(22-18)25(24-23-13)10-8-11(28-9-12(26)27)15-14(10)29-19(30-15)5-3-4-6-19/h10-11,14-15H,2-9H2,1H3,(H,26,27)/t10-,11+,14+,15-/m1/s1. The Kier molecular flexibility index (Phi) is 5.80. The zero-order chi connectivity index (χ0) is 21.6. The molecule has 2 saturated carbocycles. The Hall–Kier alpha value is -1.53. The molecule has 2 aromatic heterocycles. The van der Waals surface area contributed by atoms with E-state index in [9.17, 15) is 4.79 Å². The van der Waals surface area contributed by atoms with Crippen LogP contribution in [0.1, 0.15) is 51.5 Å². The van der Waals surface area contributed by atoms with Crippen molar-refractivity contribution in [2.75, 3.05) is 12.4 Å². The predicted octanol–water partition coefficient (Wildman–Crippen LogP) is 2.85. The molecule has 168 valence electrons. The average molecular weight is 470 g/mol. The Labute approximate surface area is 188 Å². The number of fused-ring (bicyclic) bond motifs is 2. The van der Waals surface area contributed by atoms with Crippen molar-refractivity contribution in [2.24, 2.45) is 0 Å². The van der Waals surface area contributed by atoms with Crippen molar-refractivity contribution < 1.29 is 24.1 Å². The number of nitrogens with zero attached hydrogens (tertiary/aromatic N) is 5. The molecule has 4 atom stereocenters. The molecule has 12 heteroatoms. The summed E-state index contributed by atoms with van der Waals surface area (Å²) in [6.07, 6.45) is 4.08. The van der Waals surface area contributed by atoms with Gasteiger partial charge in [0.25, 0.3) is 0 Å². The first-order valence-electron chi connectivity index (χ1n) is 10.6. The lowest BCUT2D eigenvalue weighted by molar-refractivity contribution is -0.191. The summed E-state index contributed by atoms with van der Waals surface area (Å²) in [6.45, 7) is 1.70. The van der Waals surface area contributed by atoms with Crippen molar-refractivity contribution in [3.05, 3.63) is 5.15 Å². The number of carboxylic acids is 1. The van der Waals surface area contributed by atoms with Gasteiger partial charge in [-0.1, -0.05) is 35.5 Å². The van der Waals surface area contributed by atoms with E-state index >= 15 is 0 Å². The number of halogens is 1. The lowest BCUT2D eigenvalue weighted by Crippen LogP contribution is -2.33. The van der Waals surface area contributed by atoms with Gasteiger partial charge in [-0.15, -0.1) is 5.10 Å². The molecule has 0 radical (unpaired) electrons. The van der Waals surface area contributed by atoms with Gasteiger partial charge in [0.05, 0.1) is 12.1 Å². The Morgan fingerprint density at radius 2 is 2.10 bits per heavy atom. The van der Waals surface area contributed by atoms with Crippen molar-refractivity contribution in [1.82, 2.24) is 25.0 Å². The van der Waals surface area contributed by atoms with Gasteiger partial charge < -0.3 is 19.3 Å². The highest BCUT2D eigenvalue weighted by Crippen LogP contribution is 2.50. The van der Waals surface area contributed by atoms with Gasteiger partial charge in [-0.3, -0.25) is 0 Å². The first kappa shape index (κ1) is 21.3. The summed E-state index contributed by atoms with van der Waals surface area (Å²) in [5, 5.41) is 18.5. The van der Waals surface area contributed by atoms with Crippen LogP contribution in [0.4, 0.5) is 0 Å². The molecule has 1 spiro atoms. The van der Waals surface area contributed by atoms with E-state index in [0.717, 1.165) is 37.9 Å². The molecule has 0 bridgehead atoms. The number of carboxylic acid groups (broad SMARTS) is 1. The van der Waals surface area contributed by atoms with Crippen molar-refractivity contribution >= 4 is 40.5 Å². The quantitative estimate of drug-likeness (QED) is 0.368. The summed E-state index contributed by atoms with van der Waals surface area (Å²) < 4.78 is 20.2. The summed E-state index contributed by atoms with van der Waals surface area (Å²) >= 11 is 7.89. The van der Waals surface area contributed by atoms with Gasteiger partial charge in [0, 0.05) is 25.0 Å². The number of aromatic nitrogens is 5. The van der Waals surface area contributed by atoms with Gasteiger partial charge in [-0.2, -0.15) is 0 Å². The molecular weight excluding hydrogens is 446 g/mol. The van der Waals surface area contributed by atoms with Gasteiger partial charge in [0.2, 0.25) is 0 Å². The molecule has 2 aromatic rings. The molecule has 3 fully saturated rings. The second-order valence-corrected chi connectivity index (χ2v) is 9.60. The van der Waals surface area contributed by atoms with E-state index in [-0.39, 0.29) is 30.0 Å². The highest BCUT2D eigenvalue weighted by atomic mass is 35.5. The normalized spacial score (nSPS) is 29.2. The molecule has 1 aliphatic heterocycles. The molecule has 2 aliphatic carbocycles. The summed E-state index contributed by atoms with van der Waals surface area (Å²) in [5.41, 5.74) is 0.973. The number of rotatable bonds is 7. The number of hydrogen-bond donors (Lipinski definition) is 1. The van der Waals surface area contributed by atoms with Crippen LogP contribution in [0.2, 0.25) is 5.15 Å². The van der Waals surface area contributed by atoms with Crippen molar-refractivity contribution in [3.8, 4) is 0 Å². The highest BCUT2D eigenvalue weighted by Gasteiger charge is 2.59. The molecule has 1 N–H and O–H groups in total. The lowest BCUT2D eigenvalue weighted by atomic mass is 10.2. The van der Waals surface area contributed by atoms with Gasteiger partial charge in [0.1, 0.15) is 18.8 Å². The summed E-state index contributed by atoms with van der Waals surface area (Å²) in [5.74, 6) is -0.760. The first-order valence-corrected chi connectivity index (χ1v) is 12.0. The number of carbonyl (C=O) groups is 1. The largest absolute Gasteiger partial charge is 0.480 e. The van der Waals surface area contributed by atoms with E-state index < -0.39 is 17.9 Å². The monoisotopic (exact) mass is 469 g/mol. The topological polar surface area (TPSA) is 121 Å². The number of aliphatic carboxylic acids is 1. The Morgan fingerprint density at radius 3 is 2.84 bits per heavy atom. The minimum atomic E-state index is -1.02. The zero-order valence-electron chi connectivity index (χ0n) is 17.1. The van der Waals surface area contributed by atoms with E-state index in [4.69, 9.17) is 30.9 Å². The number of hydrogen-bond acceptors (Lipinski definition) is 9. The fraction of sp³-hybridized carbons (Fsp3) is 0.737. The maximum absolute atomic E-state index is 11.1. The number of ether oxygens (including phenoxy) is 3. The summed E-state index contributed by atoms with van der Waals surface area (Å²) in [6, 6.07) is -0.260. The van der Waals surface area contributed by atoms with Crippen LogP contribution < -0.4 is 0 Å². The van der Waals surface area contributed by atoms with Crippen molar-refractivity contribution in [3.63, 3.8) is 0 Å². The van der Waals surface area contributed by atoms with Gasteiger partial charge in [-0.05, 0) is 19.3 Å². The van der Waals surface area contributed by atoms with E-state index in [0.29, 0.717) is 22.7 Å². The SMILES string of the molecule is CCCSc1nc(Cl)c2nnn([C@@H]3C[C@H](OCC(=O)O)[C@H]4OC5(CCCC5)O[C@H]43)c2n1. The Bertz CT molecular complexity index is 984. The van der Waals surface area contributed by atoms with Crippen LogP contribution in [0.5, 0.6) is 0 Å². The lowest BCUT2D eigenvalue weighted by Gasteiger charge is -2.26. The molecule has 0 unspecified atom stereocenters. The molecule has 3 heterocycles. The third-order valence-electron chi connectivity index (χ3n) is 6.04. The molecule has 0 amide bonds. The third kappa shape index (κ3) is 3.91. The smallest absolute Gasteiger partial charge is 0.329 e. The van der Waals surface area contributed by atoms with E-state index in [1.165, 1.54) is 11.8 Å². The fourth-order valence-corrected chi connectivity index (χ4v) is 5.68. The maximum atomic E-state index is 11.1. The van der Waals surface area contributed by atoms with Crippen LogP contribution in [-0.4, -0.2) is 72.5 Å². The van der Waals surface area contributed by atoms with Crippen molar-refractivity contribution in [2.45, 2.75) is 80.7 Å². The van der Waals surface area contributed by atoms with Crippen LogP contribution in [0.3, 0.4) is 0 Å². The summed E-state index contributed by atoms with van der Waals surface area (Å²) in [7, 11) is 0. The van der Waals surface area contributed by atoms with Gasteiger partial charge in [0.15, 0.2) is 27.3 Å². The summed E-state index contributed by atoms with van der Waals surface area (Å²) in [4.78, 5) is 20.1. The first-order chi connectivity index (χ1) is 15.0. The average Bonchev–Trinajstić information content (AvgIpc) is 3.50. The minimum Gasteiger partial charge on any atom is -0.480 e. The Morgan fingerprint density at radius 1 is 1.32 bits per heavy atom. The maximum Gasteiger partial charge on any atom is 0.329 e. The highest BCUT2D eigenvalue weighted by molar-refractivity contribution is 7.99. The van der Waals surface area contributed by atoms with E-state index in [1.807, 2.05) is 0 Å².